The average Bonchev–Trinajstić information content (AvgIpc) is 2.66. The summed E-state index contributed by atoms with van der Waals surface area (Å²) in [5, 5.41) is -0.117. The van der Waals surface area contributed by atoms with Crippen molar-refractivity contribution in [2.24, 2.45) is 5.92 Å². The molecule has 0 aliphatic carbocycles. The van der Waals surface area contributed by atoms with Gasteiger partial charge in [0.05, 0.1) is 9.92 Å². The van der Waals surface area contributed by atoms with Crippen LogP contribution in [0.4, 0.5) is 4.39 Å². The third kappa shape index (κ3) is 3.70. The number of sulfonamides is 1. The lowest BCUT2D eigenvalue weighted by atomic mass is 10.0. The van der Waals surface area contributed by atoms with Crippen LogP contribution in [0, 0.1) is 11.7 Å². The lowest BCUT2D eigenvalue weighted by molar-refractivity contribution is 0.416. The van der Waals surface area contributed by atoms with Crippen molar-refractivity contribution in [3.63, 3.8) is 0 Å². The van der Waals surface area contributed by atoms with Gasteiger partial charge < -0.3 is 0 Å². The first-order valence-electron chi connectivity index (χ1n) is 6.90. The van der Waals surface area contributed by atoms with Crippen LogP contribution in [0.1, 0.15) is 31.7 Å². The first-order chi connectivity index (χ1) is 9.86. The maximum atomic E-state index is 13.8. The second kappa shape index (κ2) is 6.82. The number of nitrogens with zero attached hydrogens (tertiary/aromatic N) is 1. The highest BCUT2D eigenvalue weighted by atomic mass is 35.5. The van der Waals surface area contributed by atoms with Crippen LogP contribution in [0.2, 0.25) is 5.02 Å². The summed E-state index contributed by atoms with van der Waals surface area (Å²) >= 11 is 11.5. The van der Waals surface area contributed by atoms with E-state index in [2.05, 4.69) is 6.92 Å². The minimum atomic E-state index is -3.70. The summed E-state index contributed by atoms with van der Waals surface area (Å²) in [6, 6.07) is 2.34. The maximum absolute atomic E-state index is 13.8. The Bertz CT molecular complexity index is 622. The summed E-state index contributed by atoms with van der Waals surface area (Å²) in [5.74, 6) is -0.280. The molecule has 0 aromatic heterocycles. The summed E-state index contributed by atoms with van der Waals surface area (Å²) in [6.07, 6.45) is 2.64. The molecular weight excluding hydrogens is 336 g/mol. The number of halogens is 3. The lowest BCUT2D eigenvalue weighted by Crippen LogP contribution is -2.32. The van der Waals surface area contributed by atoms with E-state index in [0.29, 0.717) is 24.6 Å². The van der Waals surface area contributed by atoms with Crippen LogP contribution < -0.4 is 0 Å². The van der Waals surface area contributed by atoms with Gasteiger partial charge >= 0.3 is 0 Å². The van der Waals surface area contributed by atoms with E-state index in [1.807, 2.05) is 0 Å². The summed E-state index contributed by atoms with van der Waals surface area (Å²) in [4.78, 5) is -0.0744. The first-order valence-corrected chi connectivity index (χ1v) is 9.25. The minimum absolute atomic E-state index is 0.0316. The van der Waals surface area contributed by atoms with Crippen molar-refractivity contribution in [1.82, 2.24) is 4.31 Å². The molecule has 1 saturated heterocycles. The van der Waals surface area contributed by atoms with E-state index in [-0.39, 0.29) is 15.8 Å². The monoisotopic (exact) mass is 353 g/mol. The third-order valence-corrected chi connectivity index (χ3v) is 6.42. The fourth-order valence-corrected chi connectivity index (χ4v) is 4.50. The molecule has 3 nitrogen and oxygen atoms in total. The molecule has 7 heteroatoms. The quantitative estimate of drug-likeness (QED) is 0.769. The van der Waals surface area contributed by atoms with Crippen molar-refractivity contribution in [1.29, 1.82) is 0 Å². The topological polar surface area (TPSA) is 37.4 Å². The van der Waals surface area contributed by atoms with Crippen LogP contribution in [0.3, 0.4) is 0 Å². The highest BCUT2D eigenvalue weighted by molar-refractivity contribution is 7.89. The Morgan fingerprint density at radius 2 is 2.05 bits per heavy atom. The average molecular weight is 354 g/mol. The van der Waals surface area contributed by atoms with E-state index >= 15 is 0 Å². The van der Waals surface area contributed by atoms with E-state index in [0.717, 1.165) is 25.3 Å². The number of hydrogen-bond donors (Lipinski definition) is 0. The van der Waals surface area contributed by atoms with E-state index in [1.165, 1.54) is 10.4 Å². The molecule has 21 heavy (non-hydrogen) atoms. The van der Waals surface area contributed by atoms with Crippen molar-refractivity contribution in [3.8, 4) is 0 Å². The van der Waals surface area contributed by atoms with Gasteiger partial charge in [-0.1, -0.05) is 18.5 Å². The second-order valence-corrected chi connectivity index (χ2v) is 8.04. The van der Waals surface area contributed by atoms with Crippen molar-refractivity contribution >= 4 is 33.2 Å². The molecule has 1 fully saturated rings. The van der Waals surface area contributed by atoms with Gasteiger partial charge in [0, 0.05) is 19.0 Å². The molecule has 1 aliphatic heterocycles. The summed E-state index contributed by atoms with van der Waals surface area (Å²) < 4.78 is 40.5. The number of hydrogen-bond acceptors (Lipinski definition) is 2. The van der Waals surface area contributed by atoms with Gasteiger partial charge in [-0.25, -0.2) is 12.8 Å². The molecule has 1 aromatic carbocycles. The fraction of sp³-hybridized carbons (Fsp3) is 0.571. The molecule has 0 saturated carbocycles. The van der Waals surface area contributed by atoms with Gasteiger partial charge in [0.2, 0.25) is 10.0 Å². The van der Waals surface area contributed by atoms with Gasteiger partial charge in [0.15, 0.2) is 0 Å². The smallest absolute Gasteiger partial charge is 0.207 e. The van der Waals surface area contributed by atoms with Crippen molar-refractivity contribution in [2.45, 2.75) is 37.0 Å². The van der Waals surface area contributed by atoms with Crippen LogP contribution in [-0.4, -0.2) is 25.8 Å². The lowest BCUT2D eigenvalue weighted by Gasteiger charge is -2.20. The van der Waals surface area contributed by atoms with Crippen LogP contribution >= 0.6 is 23.2 Å². The van der Waals surface area contributed by atoms with Crippen LogP contribution in [0.15, 0.2) is 17.0 Å². The highest BCUT2D eigenvalue weighted by Gasteiger charge is 2.28. The third-order valence-electron chi connectivity index (χ3n) is 3.83. The predicted molar refractivity (Wildman–Crippen MR) is 82.7 cm³/mol. The standard InChI is InChI=1S/C14H18Cl2FNO2S/c1-10-3-2-5-18(6-4-10)21(19,20)12-7-11(9-15)14(16)13(17)8-12/h7-8,10H,2-6,9H2,1H3. The van der Waals surface area contributed by atoms with Crippen LogP contribution in [-0.2, 0) is 15.9 Å². The van der Waals surface area contributed by atoms with Crippen molar-refractivity contribution in [2.75, 3.05) is 13.1 Å². The molecule has 0 spiro atoms. The van der Waals surface area contributed by atoms with E-state index in [9.17, 15) is 12.8 Å². The predicted octanol–water partition coefficient (Wildman–Crippen LogP) is 4.03. The van der Waals surface area contributed by atoms with Crippen LogP contribution in [0.5, 0.6) is 0 Å². The summed E-state index contributed by atoms with van der Waals surface area (Å²) in [6.45, 7) is 3.04. The molecule has 1 atom stereocenters. The van der Waals surface area contributed by atoms with Gasteiger partial charge in [-0.05, 0) is 42.9 Å². The molecule has 1 unspecified atom stereocenters. The maximum Gasteiger partial charge on any atom is 0.243 e. The molecule has 0 amide bonds. The van der Waals surface area contributed by atoms with Gasteiger partial charge in [-0.3, -0.25) is 0 Å². The zero-order valence-electron chi connectivity index (χ0n) is 11.8. The molecule has 0 bridgehead atoms. The first kappa shape index (κ1) is 17.0. The minimum Gasteiger partial charge on any atom is -0.207 e. The normalized spacial score (nSPS) is 21.2. The Balaban J connectivity index is 2.37. The van der Waals surface area contributed by atoms with E-state index < -0.39 is 15.8 Å². The molecule has 1 heterocycles. The van der Waals surface area contributed by atoms with Crippen molar-refractivity contribution in [3.05, 3.63) is 28.5 Å². The largest absolute Gasteiger partial charge is 0.243 e. The molecule has 0 N–H and O–H groups in total. The Morgan fingerprint density at radius 3 is 2.71 bits per heavy atom. The second-order valence-electron chi connectivity index (χ2n) is 5.45. The molecule has 118 valence electrons. The SMILES string of the molecule is CC1CCCN(S(=O)(=O)c2cc(F)c(Cl)c(CCl)c2)CC1. The van der Waals surface area contributed by atoms with Crippen molar-refractivity contribution < 1.29 is 12.8 Å². The van der Waals surface area contributed by atoms with Gasteiger partial charge in [-0.2, -0.15) is 4.31 Å². The van der Waals surface area contributed by atoms with Gasteiger partial charge in [-0.15, -0.1) is 11.6 Å². The summed E-state index contributed by atoms with van der Waals surface area (Å²) in [7, 11) is -3.70. The zero-order valence-corrected chi connectivity index (χ0v) is 14.1. The van der Waals surface area contributed by atoms with E-state index in [1.54, 1.807) is 0 Å². The Labute approximate surface area is 135 Å². The van der Waals surface area contributed by atoms with Gasteiger partial charge in [0.25, 0.3) is 0 Å². The summed E-state index contributed by atoms with van der Waals surface area (Å²) in [5.41, 5.74) is 0.292. The number of alkyl halides is 1. The Kier molecular flexibility index (Phi) is 5.52. The fourth-order valence-electron chi connectivity index (χ4n) is 2.49. The van der Waals surface area contributed by atoms with Gasteiger partial charge in [0.1, 0.15) is 5.82 Å². The van der Waals surface area contributed by atoms with Crippen LogP contribution in [0.25, 0.3) is 0 Å². The zero-order chi connectivity index (χ0) is 15.6. The molecule has 0 radical (unpaired) electrons. The molecular formula is C14H18Cl2FNO2S. The Morgan fingerprint density at radius 1 is 1.33 bits per heavy atom. The number of benzene rings is 1. The van der Waals surface area contributed by atoms with E-state index in [4.69, 9.17) is 23.2 Å². The molecule has 1 aromatic rings. The highest BCUT2D eigenvalue weighted by Crippen LogP contribution is 2.29. The molecule has 1 aliphatic rings. The molecule has 2 rings (SSSR count). The Hall–Kier alpha value is -0.360. The number of rotatable bonds is 3.